The Labute approximate surface area is 154 Å². The highest BCUT2D eigenvalue weighted by atomic mass is 35.5. The summed E-state index contributed by atoms with van der Waals surface area (Å²) in [5.41, 5.74) is 0.855. The van der Waals surface area contributed by atoms with E-state index >= 15 is 0 Å². The summed E-state index contributed by atoms with van der Waals surface area (Å²) in [7, 11) is 0. The van der Waals surface area contributed by atoms with Crippen LogP contribution in [0.1, 0.15) is 51.0 Å². The van der Waals surface area contributed by atoms with Crippen molar-refractivity contribution >= 4 is 29.1 Å². The lowest BCUT2D eigenvalue weighted by atomic mass is 9.90. The van der Waals surface area contributed by atoms with Gasteiger partial charge in [-0.3, -0.25) is 9.69 Å². The third-order valence-corrected chi connectivity index (χ3v) is 6.35. The lowest BCUT2D eigenvalue weighted by Crippen LogP contribution is -2.63. The molecule has 2 aliphatic heterocycles. The van der Waals surface area contributed by atoms with E-state index in [1.165, 1.54) is 19.3 Å². The number of hydrogen-bond acceptors (Lipinski definition) is 2. The quantitative estimate of drug-likeness (QED) is 0.765. The van der Waals surface area contributed by atoms with Crippen molar-refractivity contribution in [1.82, 2.24) is 9.80 Å². The van der Waals surface area contributed by atoms with Crippen molar-refractivity contribution in [3.8, 4) is 0 Å². The summed E-state index contributed by atoms with van der Waals surface area (Å²) in [5.74, 6) is 0.210. The number of rotatable bonds is 4. The van der Waals surface area contributed by atoms with Gasteiger partial charge in [-0.05, 0) is 56.2 Å². The first-order valence-electron chi connectivity index (χ1n) is 9.06. The summed E-state index contributed by atoms with van der Waals surface area (Å²) in [4.78, 5) is 17.8. The Balaban J connectivity index is 1.81. The molecule has 0 aliphatic carbocycles. The first-order chi connectivity index (χ1) is 11.6. The molecule has 1 amide bonds. The fraction of sp³-hybridized carbons (Fsp3) is 0.632. The SMILES string of the molecule is CCC1(N2CCCC2)CCCCN1C(=O)Cc1ccc(Cl)c(Cl)c1. The number of likely N-dealkylation sites (tertiary alicyclic amines) is 2. The van der Waals surface area contributed by atoms with Crippen LogP contribution < -0.4 is 0 Å². The van der Waals surface area contributed by atoms with E-state index < -0.39 is 0 Å². The summed E-state index contributed by atoms with van der Waals surface area (Å²) in [6.45, 7) is 5.32. The maximum Gasteiger partial charge on any atom is 0.228 e. The van der Waals surface area contributed by atoms with Gasteiger partial charge in [-0.25, -0.2) is 0 Å². The Morgan fingerprint density at radius 3 is 2.46 bits per heavy atom. The maximum absolute atomic E-state index is 13.1. The molecule has 0 N–H and O–H groups in total. The monoisotopic (exact) mass is 368 g/mol. The smallest absolute Gasteiger partial charge is 0.228 e. The minimum Gasteiger partial charge on any atom is -0.324 e. The Morgan fingerprint density at radius 1 is 1.08 bits per heavy atom. The molecule has 0 bridgehead atoms. The largest absolute Gasteiger partial charge is 0.324 e. The molecular weight excluding hydrogens is 343 g/mol. The van der Waals surface area contributed by atoms with E-state index in [2.05, 4.69) is 16.7 Å². The molecule has 132 valence electrons. The van der Waals surface area contributed by atoms with Gasteiger partial charge in [0.2, 0.25) is 5.91 Å². The van der Waals surface area contributed by atoms with E-state index in [9.17, 15) is 4.79 Å². The summed E-state index contributed by atoms with van der Waals surface area (Å²) in [5, 5.41) is 1.05. The number of hydrogen-bond donors (Lipinski definition) is 0. The molecule has 2 aliphatic rings. The van der Waals surface area contributed by atoms with Gasteiger partial charge in [-0.15, -0.1) is 0 Å². The molecule has 2 fully saturated rings. The third-order valence-electron chi connectivity index (χ3n) is 5.61. The fourth-order valence-corrected chi connectivity index (χ4v) is 4.67. The Hall–Kier alpha value is -0.770. The van der Waals surface area contributed by atoms with E-state index in [4.69, 9.17) is 23.2 Å². The number of benzene rings is 1. The second-order valence-electron chi connectivity index (χ2n) is 6.96. The molecule has 1 atom stereocenters. The van der Waals surface area contributed by atoms with Crippen LogP contribution in [0.25, 0.3) is 0 Å². The van der Waals surface area contributed by atoms with Crippen molar-refractivity contribution in [2.24, 2.45) is 0 Å². The molecule has 5 heteroatoms. The van der Waals surface area contributed by atoms with Gasteiger partial charge in [0.1, 0.15) is 0 Å². The van der Waals surface area contributed by atoms with Gasteiger partial charge in [0, 0.05) is 19.6 Å². The summed E-state index contributed by atoms with van der Waals surface area (Å²) in [6.07, 6.45) is 7.29. The van der Waals surface area contributed by atoms with Gasteiger partial charge in [0.05, 0.1) is 22.1 Å². The van der Waals surface area contributed by atoms with Crippen LogP contribution in [0.3, 0.4) is 0 Å². The van der Waals surface area contributed by atoms with Crippen LogP contribution in [0, 0.1) is 0 Å². The fourth-order valence-electron chi connectivity index (χ4n) is 4.35. The number of halogens is 2. The van der Waals surface area contributed by atoms with E-state index in [1.807, 2.05) is 12.1 Å². The van der Waals surface area contributed by atoms with Crippen molar-refractivity contribution in [1.29, 1.82) is 0 Å². The molecule has 2 heterocycles. The summed E-state index contributed by atoms with van der Waals surface area (Å²) < 4.78 is 0. The molecule has 2 saturated heterocycles. The molecule has 0 saturated carbocycles. The van der Waals surface area contributed by atoms with Gasteiger partial charge in [-0.1, -0.05) is 36.2 Å². The lowest BCUT2D eigenvalue weighted by molar-refractivity contribution is -0.152. The van der Waals surface area contributed by atoms with Crippen molar-refractivity contribution in [2.45, 2.75) is 57.5 Å². The highest BCUT2D eigenvalue weighted by molar-refractivity contribution is 6.42. The Morgan fingerprint density at radius 2 is 1.79 bits per heavy atom. The van der Waals surface area contributed by atoms with Gasteiger partial charge < -0.3 is 4.90 Å². The van der Waals surface area contributed by atoms with E-state index in [-0.39, 0.29) is 11.6 Å². The van der Waals surface area contributed by atoms with Crippen LogP contribution in [0.2, 0.25) is 10.0 Å². The highest BCUT2D eigenvalue weighted by Gasteiger charge is 2.45. The molecule has 0 spiro atoms. The first-order valence-corrected chi connectivity index (χ1v) is 9.82. The minimum atomic E-state index is -0.0813. The van der Waals surface area contributed by atoms with Gasteiger partial charge in [-0.2, -0.15) is 0 Å². The van der Waals surface area contributed by atoms with Gasteiger partial charge in [0.15, 0.2) is 0 Å². The molecule has 1 aromatic carbocycles. The second-order valence-corrected chi connectivity index (χ2v) is 7.77. The molecule has 1 unspecified atom stereocenters. The number of piperidine rings is 1. The molecule has 1 aromatic rings. The average molecular weight is 369 g/mol. The van der Waals surface area contributed by atoms with Gasteiger partial charge in [0.25, 0.3) is 0 Å². The molecule has 3 nitrogen and oxygen atoms in total. The Kier molecular flexibility index (Phi) is 5.74. The Bertz CT molecular complexity index is 601. The number of carbonyl (C=O) groups excluding carboxylic acids is 1. The number of carbonyl (C=O) groups is 1. The van der Waals surface area contributed by atoms with Crippen LogP contribution in [0.5, 0.6) is 0 Å². The predicted molar refractivity (Wildman–Crippen MR) is 99.6 cm³/mol. The normalized spacial score (nSPS) is 25.2. The molecule has 3 rings (SSSR count). The van der Waals surface area contributed by atoms with E-state index in [0.717, 1.165) is 44.5 Å². The van der Waals surface area contributed by atoms with Crippen molar-refractivity contribution < 1.29 is 4.79 Å². The summed E-state index contributed by atoms with van der Waals surface area (Å²) in [6, 6.07) is 5.49. The molecule has 0 radical (unpaired) electrons. The van der Waals surface area contributed by atoms with E-state index in [0.29, 0.717) is 16.5 Å². The standard InChI is InChI=1S/C19H26Cl2N2O/c1-2-19(22-10-5-6-11-22)9-3-4-12-23(19)18(24)14-15-7-8-16(20)17(21)13-15/h7-8,13H,2-6,9-12,14H2,1H3. The average Bonchev–Trinajstić information content (AvgIpc) is 3.13. The molecule has 24 heavy (non-hydrogen) atoms. The van der Waals surface area contributed by atoms with Crippen LogP contribution >= 0.6 is 23.2 Å². The van der Waals surface area contributed by atoms with Crippen LogP contribution in [-0.2, 0) is 11.2 Å². The molecule has 0 aromatic heterocycles. The highest BCUT2D eigenvalue weighted by Crippen LogP contribution is 2.37. The van der Waals surface area contributed by atoms with Crippen LogP contribution in [-0.4, -0.2) is 41.0 Å². The zero-order valence-corrected chi connectivity index (χ0v) is 15.9. The minimum absolute atomic E-state index is 0.0813. The zero-order chi connectivity index (χ0) is 17.2. The van der Waals surface area contributed by atoms with Crippen molar-refractivity contribution in [2.75, 3.05) is 19.6 Å². The number of nitrogens with zero attached hydrogens (tertiary/aromatic N) is 2. The number of amides is 1. The second kappa shape index (κ2) is 7.63. The maximum atomic E-state index is 13.1. The zero-order valence-electron chi connectivity index (χ0n) is 14.4. The third kappa shape index (κ3) is 3.44. The van der Waals surface area contributed by atoms with Crippen molar-refractivity contribution in [3.63, 3.8) is 0 Å². The van der Waals surface area contributed by atoms with Crippen LogP contribution in [0.15, 0.2) is 18.2 Å². The predicted octanol–water partition coefficient (Wildman–Crippen LogP) is 4.75. The van der Waals surface area contributed by atoms with Gasteiger partial charge >= 0.3 is 0 Å². The first kappa shape index (κ1) is 18.0. The summed E-state index contributed by atoms with van der Waals surface area (Å²) >= 11 is 12.1. The van der Waals surface area contributed by atoms with E-state index in [1.54, 1.807) is 6.07 Å². The van der Waals surface area contributed by atoms with Crippen LogP contribution in [0.4, 0.5) is 0 Å². The molecular formula is C19H26Cl2N2O. The lowest BCUT2D eigenvalue weighted by Gasteiger charge is -2.52. The van der Waals surface area contributed by atoms with Crippen molar-refractivity contribution in [3.05, 3.63) is 33.8 Å². The topological polar surface area (TPSA) is 23.6 Å².